The number of rotatable bonds is 3. The Morgan fingerprint density at radius 2 is 2.21 bits per heavy atom. The maximum absolute atomic E-state index is 11.1. The van der Waals surface area contributed by atoms with E-state index in [-0.39, 0.29) is 6.42 Å². The molecule has 1 amide bonds. The molecule has 1 aliphatic heterocycles. The van der Waals surface area contributed by atoms with Gasteiger partial charge in [-0.1, -0.05) is 0 Å². The van der Waals surface area contributed by atoms with Gasteiger partial charge in [0.15, 0.2) is 0 Å². The molecule has 0 bridgehead atoms. The van der Waals surface area contributed by atoms with E-state index in [0.717, 1.165) is 6.26 Å². The molecule has 0 spiro atoms. The van der Waals surface area contributed by atoms with Crippen LogP contribution in [0.15, 0.2) is 0 Å². The molecule has 0 radical (unpaired) electrons. The quantitative estimate of drug-likeness (QED) is 0.505. The number of carboxylic acids is 1. The highest BCUT2D eigenvalue weighted by atomic mass is 32.2. The fourth-order valence-electron chi connectivity index (χ4n) is 1.20. The molecule has 3 N–H and O–H groups in total. The van der Waals surface area contributed by atoms with E-state index in [9.17, 15) is 18.0 Å². The van der Waals surface area contributed by atoms with Crippen LogP contribution in [-0.2, 0) is 19.6 Å². The van der Waals surface area contributed by atoms with E-state index in [1.807, 2.05) is 4.72 Å². The molecule has 0 aromatic heterocycles. The molecule has 1 aliphatic rings. The fourth-order valence-corrected chi connectivity index (χ4v) is 1.92. The number of hydrogen-bond acceptors (Lipinski definition) is 4. The topological polar surface area (TPSA) is 113 Å². The summed E-state index contributed by atoms with van der Waals surface area (Å²) in [7, 11) is -3.49. The predicted molar refractivity (Wildman–Crippen MR) is 46.0 cm³/mol. The molecule has 1 fully saturated rings. The molecule has 80 valence electrons. The Bertz CT molecular complexity index is 362. The molecule has 8 heteroatoms. The van der Waals surface area contributed by atoms with Gasteiger partial charge in [-0.2, -0.15) is 0 Å². The molecule has 1 heterocycles. The van der Waals surface area contributed by atoms with Gasteiger partial charge in [-0.3, -0.25) is 4.79 Å². The van der Waals surface area contributed by atoms with Gasteiger partial charge in [0.25, 0.3) is 0 Å². The number of carboxylic acid groups (broad SMARTS) is 1. The van der Waals surface area contributed by atoms with Crippen LogP contribution in [0, 0.1) is 0 Å². The molecule has 7 nitrogen and oxygen atoms in total. The number of carbonyl (C=O) groups excluding carboxylic acids is 1. The highest BCUT2D eigenvalue weighted by Gasteiger charge is 2.37. The van der Waals surface area contributed by atoms with E-state index < -0.39 is 34.0 Å². The SMILES string of the molecule is CS(=O)(=O)NC1CC(C(=O)O)NC1=O. The summed E-state index contributed by atoms with van der Waals surface area (Å²) in [5, 5.41) is 10.7. The van der Waals surface area contributed by atoms with Crippen LogP contribution in [0.1, 0.15) is 6.42 Å². The third-order valence-electron chi connectivity index (χ3n) is 1.76. The lowest BCUT2D eigenvalue weighted by atomic mass is 10.2. The summed E-state index contributed by atoms with van der Waals surface area (Å²) in [4.78, 5) is 21.5. The normalized spacial score (nSPS) is 27.4. The zero-order valence-corrected chi connectivity index (χ0v) is 8.17. The highest BCUT2D eigenvalue weighted by molar-refractivity contribution is 7.88. The Labute approximate surface area is 80.5 Å². The Morgan fingerprint density at radius 3 is 2.57 bits per heavy atom. The van der Waals surface area contributed by atoms with Crippen LogP contribution in [0.25, 0.3) is 0 Å². The van der Waals surface area contributed by atoms with Crippen molar-refractivity contribution in [2.24, 2.45) is 0 Å². The van der Waals surface area contributed by atoms with E-state index in [2.05, 4.69) is 5.32 Å². The maximum atomic E-state index is 11.1. The summed E-state index contributed by atoms with van der Waals surface area (Å²) >= 11 is 0. The van der Waals surface area contributed by atoms with E-state index in [0.29, 0.717) is 0 Å². The summed E-state index contributed by atoms with van der Waals surface area (Å²) in [6.07, 6.45) is 0.843. The first-order valence-corrected chi connectivity index (χ1v) is 5.69. The Balaban J connectivity index is 2.67. The molecule has 14 heavy (non-hydrogen) atoms. The first-order valence-electron chi connectivity index (χ1n) is 3.80. The van der Waals surface area contributed by atoms with Gasteiger partial charge in [-0.05, 0) is 0 Å². The van der Waals surface area contributed by atoms with Crippen molar-refractivity contribution in [1.29, 1.82) is 0 Å². The van der Waals surface area contributed by atoms with Crippen LogP contribution >= 0.6 is 0 Å². The molecular formula is C6H10N2O5S. The van der Waals surface area contributed by atoms with Gasteiger partial charge in [0.05, 0.1) is 6.26 Å². The van der Waals surface area contributed by atoms with Gasteiger partial charge in [-0.25, -0.2) is 17.9 Å². The molecular weight excluding hydrogens is 212 g/mol. The van der Waals surface area contributed by atoms with Gasteiger partial charge >= 0.3 is 5.97 Å². The number of sulfonamides is 1. The number of amides is 1. The monoisotopic (exact) mass is 222 g/mol. The van der Waals surface area contributed by atoms with Gasteiger partial charge < -0.3 is 10.4 Å². The summed E-state index contributed by atoms with van der Waals surface area (Å²) in [6, 6.07) is -1.99. The van der Waals surface area contributed by atoms with Crippen molar-refractivity contribution >= 4 is 21.9 Å². The molecule has 0 aromatic carbocycles. The Morgan fingerprint density at radius 1 is 1.64 bits per heavy atom. The lowest BCUT2D eigenvalue weighted by molar-refractivity contribution is -0.140. The third kappa shape index (κ3) is 2.67. The molecule has 0 saturated carbocycles. The zero-order valence-electron chi connectivity index (χ0n) is 7.35. The van der Waals surface area contributed by atoms with Gasteiger partial charge in [-0.15, -0.1) is 0 Å². The van der Waals surface area contributed by atoms with Crippen molar-refractivity contribution in [3.63, 3.8) is 0 Å². The number of aliphatic carboxylic acids is 1. The molecule has 1 rings (SSSR count). The number of hydrogen-bond donors (Lipinski definition) is 3. The number of nitrogens with one attached hydrogen (secondary N) is 2. The Kier molecular flexibility index (Phi) is 2.76. The average molecular weight is 222 g/mol. The largest absolute Gasteiger partial charge is 0.480 e. The fraction of sp³-hybridized carbons (Fsp3) is 0.667. The van der Waals surface area contributed by atoms with E-state index in [4.69, 9.17) is 5.11 Å². The van der Waals surface area contributed by atoms with Crippen molar-refractivity contribution in [1.82, 2.24) is 10.0 Å². The first-order chi connectivity index (χ1) is 6.29. The highest BCUT2D eigenvalue weighted by Crippen LogP contribution is 2.08. The van der Waals surface area contributed by atoms with E-state index in [1.165, 1.54) is 0 Å². The lowest BCUT2D eigenvalue weighted by Crippen LogP contribution is -2.39. The molecule has 0 aromatic rings. The summed E-state index contributed by atoms with van der Waals surface area (Å²) in [6.45, 7) is 0. The maximum Gasteiger partial charge on any atom is 0.326 e. The second-order valence-corrected chi connectivity index (χ2v) is 4.86. The van der Waals surface area contributed by atoms with Crippen molar-refractivity contribution in [2.45, 2.75) is 18.5 Å². The van der Waals surface area contributed by atoms with Gasteiger partial charge in [0.2, 0.25) is 15.9 Å². The smallest absolute Gasteiger partial charge is 0.326 e. The van der Waals surface area contributed by atoms with E-state index >= 15 is 0 Å². The van der Waals surface area contributed by atoms with E-state index in [1.54, 1.807) is 0 Å². The van der Waals surface area contributed by atoms with Crippen LogP contribution in [0.3, 0.4) is 0 Å². The van der Waals surface area contributed by atoms with Crippen LogP contribution in [-0.4, -0.2) is 43.7 Å². The first kappa shape index (κ1) is 10.9. The van der Waals surface area contributed by atoms with Crippen molar-refractivity contribution in [2.75, 3.05) is 6.26 Å². The van der Waals surface area contributed by atoms with Gasteiger partial charge in [0, 0.05) is 6.42 Å². The minimum Gasteiger partial charge on any atom is -0.480 e. The zero-order chi connectivity index (χ0) is 10.9. The minimum absolute atomic E-state index is 0.0682. The molecule has 1 saturated heterocycles. The van der Waals surface area contributed by atoms with Crippen molar-refractivity contribution in [3.05, 3.63) is 0 Å². The summed E-state index contributed by atoms with van der Waals surface area (Å²) in [5.74, 6) is -1.78. The lowest BCUT2D eigenvalue weighted by Gasteiger charge is -2.06. The standard InChI is InChI=1S/C6H10N2O5S/c1-14(12,13)8-3-2-4(6(10)11)7-5(3)9/h3-4,8H,2H2,1H3,(H,7,9)(H,10,11). The van der Waals surface area contributed by atoms with Crippen LogP contribution in [0.2, 0.25) is 0 Å². The van der Waals surface area contributed by atoms with Crippen molar-refractivity contribution in [3.8, 4) is 0 Å². The average Bonchev–Trinajstić information content (AvgIpc) is 2.29. The minimum atomic E-state index is -3.49. The number of carbonyl (C=O) groups is 2. The second kappa shape index (κ2) is 3.54. The van der Waals surface area contributed by atoms with Crippen LogP contribution in [0.4, 0.5) is 0 Å². The predicted octanol–water partition coefficient (Wildman–Crippen LogP) is -2.12. The molecule has 2 unspecified atom stereocenters. The Hall–Kier alpha value is -1.15. The molecule has 2 atom stereocenters. The summed E-state index contributed by atoms with van der Waals surface area (Å²) in [5.41, 5.74) is 0. The third-order valence-corrected chi connectivity index (χ3v) is 2.47. The molecule has 0 aliphatic carbocycles. The summed E-state index contributed by atoms with van der Waals surface area (Å²) < 4.78 is 23.6. The van der Waals surface area contributed by atoms with Gasteiger partial charge in [0.1, 0.15) is 12.1 Å². The van der Waals surface area contributed by atoms with Crippen LogP contribution in [0.5, 0.6) is 0 Å². The second-order valence-electron chi connectivity index (χ2n) is 3.08. The van der Waals surface area contributed by atoms with Crippen molar-refractivity contribution < 1.29 is 23.1 Å². The van der Waals surface area contributed by atoms with Crippen LogP contribution < -0.4 is 10.0 Å².